The number of fused-ring (bicyclic) bond motifs is 4. The molecule has 0 unspecified atom stereocenters. The summed E-state index contributed by atoms with van der Waals surface area (Å²) in [5, 5.41) is 51.8. The lowest BCUT2D eigenvalue weighted by molar-refractivity contribution is -0.271. The number of phenolic OH excluding ortho intramolecular Hbond substituents is 1. The van der Waals surface area contributed by atoms with Crippen LogP contribution in [0.15, 0.2) is 36.4 Å². The van der Waals surface area contributed by atoms with E-state index in [9.17, 15) is 39.9 Å². The molecule has 41 heavy (non-hydrogen) atoms. The molecule has 2 fully saturated rings. The zero-order chi connectivity index (χ0) is 29.3. The molecule has 0 radical (unpaired) electrons. The summed E-state index contributed by atoms with van der Waals surface area (Å²) < 4.78 is 10.8. The maximum atomic E-state index is 13.4. The summed E-state index contributed by atoms with van der Waals surface area (Å²) in [7, 11) is 1.59. The van der Waals surface area contributed by atoms with Gasteiger partial charge in [-0.2, -0.15) is 0 Å². The number of aromatic hydroxyl groups is 1. The molecule has 1 aromatic heterocycles. The molecule has 6 rings (SSSR count). The summed E-state index contributed by atoms with van der Waals surface area (Å²) in [6.45, 7) is 1.50. The zero-order valence-electron chi connectivity index (χ0n) is 22.1. The minimum Gasteiger partial charge on any atom is -0.504 e. The molecular formula is C28H29N3O10. The highest BCUT2D eigenvalue weighted by Gasteiger charge is 2.49. The van der Waals surface area contributed by atoms with E-state index >= 15 is 0 Å². The van der Waals surface area contributed by atoms with Crippen LogP contribution in [0.2, 0.25) is 0 Å². The number of carboxylic acids is 1. The third-order valence-electron chi connectivity index (χ3n) is 8.09. The molecular weight excluding hydrogens is 538 g/mol. The average Bonchev–Trinajstić information content (AvgIpc) is 3.30. The molecule has 2 aromatic carbocycles. The average molecular weight is 568 g/mol. The number of benzene rings is 2. The van der Waals surface area contributed by atoms with Gasteiger partial charge in [-0.3, -0.25) is 9.59 Å². The number of hydrogen-bond acceptors (Lipinski definition) is 9. The van der Waals surface area contributed by atoms with Gasteiger partial charge in [-0.15, -0.1) is 0 Å². The van der Waals surface area contributed by atoms with Crippen molar-refractivity contribution in [1.29, 1.82) is 0 Å². The topological polar surface area (TPSA) is 193 Å². The number of carbonyl (C=O) groups excluding carboxylic acids is 2. The van der Waals surface area contributed by atoms with Gasteiger partial charge in [0.05, 0.1) is 12.6 Å². The van der Waals surface area contributed by atoms with E-state index in [1.54, 1.807) is 20.0 Å². The molecule has 13 heteroatoms. The number of aliphatic hydroxyl groups is 3. The Hall–Kier alpha value is -4.17. The van der Waals surface area contributed by atoms with Crippen LogP contribution in [0.25, 0.3) is 10.9 Å². The van der Waals surface area contributed by atoms with Crippen molar-refractivity contribution in [3.8, 4) is 11.5 Å². The minimum absolute atomic E-state index is 0.0939. The van der Waals surface area contributed by atoms with Gasteiger partial charge in [0, 0.05) is 30.1 Å². The van der Waals surface area contributed by atoms with Crippen molar-refractivity contribution in [2.75, 3.05) is 13.6 Å². The molecule has 0 bridgehead atoms. The predicted molar refractivity (Wildman–Crippen MR) is 140 cm³/mol. The summed E-state index contributed by atoms with van der Waals surface area (Å²) in [4.78, 5) is 44.4. The Labute approximate surface area is 233 Å². The van der Waals surface area contributed by atoms with Crippen molar-refractivity contribution in [3.63, 3.8) is 0 Å². The van der Waals surface area contributed by atoms with Crippen LogP contribution in [-0.2, 0) is 25.5 Å². The van der Waals surface area contributed by atoms with Crippen LogP contribution in [-0.4, -0.2) is 108 Å². The first-order valence-corrected chi connectivity index (χ1v) is 13.1. The summed E-state index contributed by atoms with van der Waals surface area (Å²) in [6.07, 6.45) is -8.86. The normalized spacial score (nSPS) is 29.8. The van der Waals surface area contributed by atoms with Crippen LogP contribution in [0.1, 0.15) is 28.4 Å². The lowest BCUT2D eigenvalue weighted by Crippen LogP contribution is -2.62. The number of H-pyrrole nitrogens is 1. The Morgan fingerprint density at radius 3 is 2.54 bits per heavy atom. The summed E-state index contributed by atoms with van der Waals surface area (Å²) in [5.74, 6) is -2.58. The number of para-hydroxylation sites is 1. The summed E-state index contributed by atoms with van der Waals surface area (Å²) >= 11 is 0. The van der Waals surface area contributed by atoms with Gasteiger partial charge < -0.3 is 49.8 Å². The first-order valence-electron chi connectivity index (χ1n) is 13.1. The number of piperazine rings is 1. The van der Waals surface area contributed by atoms with Crippen molar-refractivity contribution in [3.05, 3.63) is 58.8 Å². The van der Waals surface area contributed by atoms with Gasteiger partial charge in [0.1, 0.15) is 24.4 Å². The number of nitrogens with zero attached hydrogens (tertiary/aromatic N) is 2. The van der Waals surface area contributed by atoms with E-state index in [2.05, 4.69) is 4.98 Å². The molecule has 2 amide bonds. The quantitative estimate of drug-likeness (QED) is 0.245. The lowest BCUT2D eigenvalue weighted by atomic mass is 9.85. The third-order valence-corrected chi connectivity index (χ3v) is 8.09. The standard InChI is InChI=1S/C28H29N3O10/c1-11-7-12(8-17(32)24(11)40-28-23(36)21(34)22(35)25(41-28)27(38)39)20-19-14(13-5-3-4-6-15(13)29-19)9-16-26(37)30(2)10-18(33)31(16)20/h3-8,16,20-23,25,28-29,32,34-36H,9-10H2,1-2H3,(H,38,39)/t16-,20-,21+,22+,23-,25+,28-/m1/s1. The summed E-state index contributed by atoms with van der Waals surface area (Å²) in [5.41, 5.74) is 3.28. The van der Waals surface area contributed by atoms with Crippen LogP contribution in [0.3, 0.4) is 0 Å². The molecule has 4 heterocycles. The van der Waals surface area contributed by atoms with Gasteiger partial charge >= 0.3 is 5.97 Å². The number of aliphatic carboxylic acids is 1. The second kappa shape index (κ2) is 9.73. The molecule has 3 aromatic rings. The zero-order valence-corrected chi connectivity index (χ0v) is 22.1. The lowest BCUT2D eigenvalue weighted by Gasteiger charge is -2.46. The number of amides is 2. The monoisotopic (exact) mass is 567 g/mol. The fourth-order valence-electron chi connectivity index (χ4n) is 6.11. The molecule has 0 spiro atoms. The van der Waals surface area contributed by atoms with Crippen LogP contribution in [0.4, 0.5) is 0 Å². The Morgan fingerprint density at radius 2 is 1.83 bits per heavy atom. The van der Waals surface area contributed by atoms with Crippen molar-refractivity contribution in [2.45, 2.75) is 56.1 Å². The fourth-order valence-corrected chi connectivity index (χ4v) is 6.11. The predicted octanol–water partition coefficient (Wildman–Crippen LogP) is -0.232. The maximum absolute atomic E-state index is 13.4. The fraction of sp³-hybridized carbons (Fsp3) is 0.393. The first-order chi connectivity index (χ1) is 19.5. The number of nitrogens with one attached hydrogen (secondary N) is 1. The number of aliphatic hydroxyl groups excluding tert-OH is 3. The number of rotatable bonds is 4. The van der Waals surface area contributed by atoms with E-state index in [1.165, 1.54) is 15.9 Å². The number of aromatic nitrogens is 1. The van der Waals surface area contributed by atoms with Crippen LogP contribution in [0.5, 0.6) is 11.5 Å². The van der Waals surface area contributed by atoms with E-state index in [0.717, 1.165) is 16.5 Å². The van der Waals surface area contributed by atoms with E-state index in [1.807, 2.05) is 24.3 Å². The molecule has 3 aliphatic rings. The number of carboxylic acid groups (broad SMARTS) is 1. The maximum Gasteiger partial charge on any atom is 0.335 e. The van der Waals surface area contributed by atoms with Gasteiger partial charge in [0.2, 0.25) is 18.1 Å². The van der Waals surface area contributed by atoms with Crippen molar-refractivity contribution < 1.29 is 49.4 Å². The number of carbonyl (C=O) groups is 3. The molecule has 0 saturated carbocycles. The van der Waals surface area contributed by atoms with Crippen molar-refractivity contribution >= 4 is 28.7 Å². The molecule has 0 aliphatic carbocycles. The van der Waals surface area contributed by atoms with E-state index < -0.39 is 54.5 Å². The van der Waals surface area contributed by atoms with E-state index in [-0.39, 0.29) is 24.1 Å². The number of likely N-dealkylation sites (N-methyl/N-ethyl adjacent to an activating group) is 1. The Bertz CT molecular complexity index is 1550. The van der Waals surface area contributed by atoms with E-state index in [4.69, 9.17) is 9.47 Å². The van der Waals surface area contributed by atoms with Crippen molar-refractivity contribution in [1.82, 2.24) is 14.8 Å². The number of ether oxygens (including phenoxy) is 2. The molecule has 7 atom stereocenters. The second-order valence-electron chi connectivity index (χ2n) is 10.7. The van der Waals surface area contributed by atoms with E-state index in [0.29, 0.717) is 23.2 Å². The number of aromatic amines is 1. The molecule has 6 N–H and O–H groups in total. The number of aryl methyl sites for hydroxylation is 1. The molecule has 2 saturated heterocycles. The van der Waals surface area contributed by atoms with Gasteiger partial charge in [-0.05, 0) is 41.8 Å². The molecule has 13 nitrogen and oxygen atoms in total. The third kappa shape index (κ3) is 4.20. The van der Waals surface area contributed by atoms with Gasteiger partial charge in [0.15, 0.2) is 17.6 Å². The number of hydrogen-bond donors (Lipinski definition) is 6. The van der Waals surface area contributed by atoms with Gasteiger partial charge in [-0.1, -0.05) is 18.2 Å². The van der Waals surface area contributed by atoms with Gasteiger partial charge in [-0.25, -0.2) is 4.79 Å². The highest BCUT2D eigenvalue weighted by atomic mass is 16.7. The highest BCUT2D eigenvalue weighted by molar-refractivity contribution is 5.97. The largest absolute Gasteiger partial charge is 0.504 e. The Balaban J connectivity index is 1.41. The van der Waals surface area contributed by atoms with Gasteiger partial charge in [0.25, 0.3) is 0 Å². The SMILES string of the molecule is Cc1cc([C@@H]2c3[nH]c4ccccc4c3C[C@@H]3C(=O)N(C)CC(=O)N23)cc(O)c1O[C@@H]1O[C@H](C(=O)O)[C@@H](O)[C@H](O)[C@H]1O. The summed E-state index contributed by atoms with van der Waals surface area (Å²) in [6, 6.07) is 9.16. The smallest absolute Gasteiger partial charge is 0.335 e. The molecule has 216 valence electrons. The molecule has 3 aliphatic heterocycles. The number of phenols is 1. The van der Waals surface area contributed by atoms with Crippen LogP contribution < -0.4 is 4.74 Å². The first kappa shape index (κ1) is 27.0. The second-order valence-corrected chi connectivity index (χ2v) is 10.7. The van der Waals surface area contributed by atoms with Crippen LogP contribution >= 0.6 is 0 Å². The Morgan fingerprint density at radius 1 is 1.10 bits per heavy atom. The van der Waals surface area contributed by atoms with Crippen LogP contribution in [0, 0.1) is 6.92 Å². The highest BCUT2D eigenvalue weighted by Crippen LogP contribution is 2.45. The minimum atomic E-state index is -1.90. The Kier molecular flexibility index (Phi) is 6.41. The van der Waals surface area contributed by atoms with Crippen molar-refractivity contribution in [2.24, 2.45) is 0 Å².